The zero-order chi connectivity index (χ0) is 50.7. The number of ketones is 3. The number of aliphatic hydroxyl groups is 3. The highest BCUT2D eigenvalue weighted by molar-refractivity contribution is 6.39. The molecule has 0 unspecified atom stereocenters. The third-order valence-corrected chi connectivity index (χ3v) is 14.3. The highest BCUT2D eigenvalue weighted by Gasteiger charge is 2.53. The van der Waals surface area contributed by atoms with Crippen molar-refractivity contribution in [2.24, 2.45) is 35.5 Å². The maximum atomic E-state index is 14.4. The Morgan fingerprint density at radius 1 is 0.892 bits per heavy atom. The number of hydrogen-bond acceptors (Lipinski definition) is 13. The molecule has 0 radical (unpaired) electrons. The molecular weight excluding hydrogens is 835 g/mol. The number of rotatable bonds is 6. The van der Waals surface area contributed by atoms with Gasteiger partial charge in [-0.1, -0.05) is 71.1 Å². The molecule has 0 aromatic rings. The number of methoxy groups -OCH3 is 3. The van der Waals surface area contributed by atoms with Gasteiger partial charge in [-0.05, 0) is 107 Å². The summed E-state index contributed by atoms with van der Waals surface area (Å²) in [5, 5.41) is 33.9. The molecule has 4 rings (SSSR count). The number of piperidine rings is 1. The van der Waals surface area contributed by atoms with Gasteiger partial charge in [0.05, 0.1) is 28.5 Å². The molecule has 15 atom stereocenters. The summed E-state index contributed by atoms with van der Waals surface area (Å²) in [6, 6.07) is -1.21. The minimum Gasteiger partial charge on any atom is -0.460 e. The van der Waals surface area contributed by atoms with Crippen molar-refractivity contribution >= 4 is 29.2 Å². The Kier molecular flexibility index (Phi) is 19.1. The molecule has 0 aromatic carbocycles. The van der Waals surface area contributed by atoms with Crippen molar-refractivity contribution in [1.82, 2.24) is 4.90 Å². The molecule has 14 nitrogen and oxygen atoms in total. The summed E-state index contributed by atoms with van der Waals surface area (Å²) in [5.74, 6) is -8.82. The lowest BCUT2D eigenvalue weighted by Crippen LogP contribution is -2.61. The van der Waals surface area contributed by atoms with Crippen LogP contribution < -0.4 is 0 Å². The lowest BCUT2D eigenvalue weighted by molar-refractivity contribution is -0.265. The maximum Gasteiger partial charge on any atom is 0.329 e. The van der Waals surface area contributed by atoms with Gasteiger partial charge < -0.3 is 43.9 Å². The number of cyclic esters (lactones) is 1. The Bertz CT molecular complexity index is 1870. The summed E-state index contributed by atoms with van der Waals surface area (Å²) in [4.78, 5) is 71.9. The van der Waals surface area contributed by atoms with E-state index >= 15 is 0 Å². The molecule has 2 saturated heterocycles. The summed E-state index contributed by atoms with van der Waals surface area (Å²) < 4.78 is 52.5. The number of carbonyl (C=O) groups excluding carboxylic acids is 5. The highest BCUT2D eigenvalue weighted by Crippen LogP contribution is 2.38. The first-order valence-electron chi connectivity index (χ1n) is 25.2. The van der Waals surface area contributed by atoms with Gasteiger partial charge in [0.15, 0.2) is 5.78 Å². The second kappa shape index (κ2) is 25.1. The van der Waals surface area contributed by atoms with Crippen molar-refractivity contribution in [1.29, 1.82) is 0 Å². The average Bonchev–Trinajstić information content (AvgIpc) is 3.28. The third-order valence-electron chi connectivity index (χ3n) is 14.3. The van der Waals surface area contributed by atoms with E-state index in [2.05, 4.69) is 0 Å². The fourth-order valence-electron chi connectivity index (χ4n) is 9.98. The lowest BCUT2D eigenvalue weighted by Gasteiger charge is -2.42. The number of nitrogens with zero attached hydrogens (tertiary/aromatic N) is 1. The van der Waals surface area contributed by atoms with E-state index in [0.717, 1.165) is 4.90 Å². The molecule has 4 aliphatic rings. The molecule has 3 N–H and O–H groups in total. The zero-order valence-corrected chi connectivity index (χ0v) is 40.1. The number of amides is 1. The van der Waals surface area contributed by atoms with Crippen LogP contribution in [0.4, 0.5) is 0 Å². The monoisotopic (exact) mass is 917 g/mol. The third kappa shape index (κ3) is 14.3. The van der Waals surface area contributed by atoms with E-state index in [1.54, 1.807) is 72.1 Å². The van der Waals surface area contributed by atoms with Crippen LogP contribution in [-0.2, 0) is 47.7 Å². The Morgan fingerprint density at radius 2 is 1.63 bits per heavy atom. The number of esters is 1. The van der Waals surface area contributed by atoms with Crippen LogP contribution in [0.5, 0.6) is 0 Å². The minimum atomic E-state index is -2.80. The summed E-state index contributed by atoms with van der Waals surface area (Å²) in [6.45, 7) is 12.2. The van der Waals surface area contributed by atoms with E-state index in [9.17, 15) is 39.3 Å². The molecule has 2 bridgehead atoms. The minimum absolute atomic E-state index is 0.0213. The molecule has 0 spiro atoms. The summed E-state index contributed by atoms with van der Waals surface area (Å²) >= 11 is 0. The van der Waals surface area contributed by atoms with E-state index in [1.807, 2.05) is 19.9 Å². The Balaban J connectivity index is 1.73. The van der Waals surface area contributed by atoms with Crippen LogP contribution in [0.15, 0.2) is 47.6 Å². The normalized spacial score (nSPS) is 40.0. The lowest BCUT2D eigenvalue weighted by atomic mass is 9.78. The summed E-state index contributed by atoms with van der Waals surface area (Å²) in [6.07, 6.45) is 8.32. The molecule has 366 valence electrons. The van der Waals surface area contributed by atoms with Crippen LogP contribution in [0.3, 0.4) is 0 Å². The highest BCUT2D eigenvalue weighted by atomic mass is 16.6. The molecule has 1 aliphatic carbocycles. The fourth-order valence-corrected chi connectivity index (χ4v) is 9.98. The quantitative estimate of drug-likeness (QED) is 0.155. The Morgan fingerprint density at radius 3 is 2.32 bits per heavy atom. The largest absolute Gasteiger partial charge is 0.460 e. The van der Waals surface area contributed by atoms with Gasteiger partial charge in [0.25, 0.3) is 11.7 Å². The number of ether oxygens (including phenoxy) is 5. The van der Waals surface area contributed by atoms with Crippen molar-refractivity contribution in [2.75, 3.05) is 27.8 Å². The van der Waals surface area contributed by atoms with Crippen molar-refractivity contribution in [3.8, 4) is 0 Å². The van der Waals surface area contributed by atoms with Gasteiger partial charge in [0.2, 0.25) is 5.79 Å². The Labute approximate surface area is 391 Å². The molecule has 1 saturated carbocycles. The van der Waals surface area contributed by atoms with E-state index < -0.39 is 90.9 Å². The van der Waals surface area contributed by atoms with Crippen LogP contribution in [0.25, 0.3) is 0 Å². The van der Waals surface area contributed by atoms with Crippen LogP contribution in [0, 0.1) is 35.5 Å². The number of fused-ring (bicyclic) bond motifs is 3. The first-order chi connectivity index (χ1) is 31.9. The van der Waals surface area contributed by atoms with Crippen molar-refractivity contribution in [3.63, 3.8) is 0 Å². The second-order valence-electron chi connectivity index (χ2n) is 19.5. The molecule has 3 heterocycles. The first kappa shape index (κ1) is 49.5. The van der Waals surface area contributed by atoms with Gasteiger partial charge in [0, 0.05) is 58.4 Å². The summed E-state index contributed by atoms with van der Waals surface area (Å²) in [7, 11) is 0.102. The number of carbonyl (C=O) groups is 5. The molecule has 3 aliphatic heterocycles. The summed E-state index contributed by atoms with van der Waals surface area (Å²) in [5.41, 5.74) is 0.882. The SMILES string of the molecule is [2H]C([2H])([2H])O[C@H]1C[C@@H]2CC[C@@H](C)[C@@](O)(O2)C(=O)C(=O)N2CCCC[C@H]2C(=O)O[C@H]([C@H](C)C[C@@H]2CC[C@@H](O)[C@H](OC)C2)CC(=O)[C@H](C)/C=C(/C)[C@@H](O)[C@@H](OC)C(=O)[C@H](C)C[C@H](C)/C=C\C=CC=C1C. The second-order valence-corrected chi connectivity index (χ2v) is 19.5. The van der Waals surface area contributed by atoms with Crippen molar-refractivity contribution in [2.45, 2.75) is 180 Å². The number of aliphatic hydroxyl groups excluding tert-OH is 2. The molecule has 65 heavy (non-hydrogen) atoms. The van der Waals surface area contributed by atoms with Gasteiger partial charge in [-0.25, -0.2) is 4.79 Å². The smallest absolute Gasteiger partial charge is 0.329 e. The predicted molar refractivity (Wildman–Crippen MR) is 245 cm³/mol. The fraction of sp³-hybridized carbons (Fsp3) is 0.745. The van der Waals surface area contributed by atoms with E-state index in [0.29, 0.717) is 62.5 Å². The number of hydrogen-bond donors (Lipinski definition) is 3. The van der Waals surface area contributed by atoms with Crippen LogP contribution in [0.1, 0.15) is 130 Å². The molecule has 1 amide bonds. The van der Waals surface area contributed by atoms with Gasteiger partial charge in [0.1, 0.15) is 30.1 Å². The molecule has 0 aromatic heterocycles. The first-order valence-corrected chi connectivity index (χ1v) is 23.7. The Hall–Kier alpha value is -3.37. The van der Waals surface area contributed by atoms with Crippen molar-refractivity contribution in [3.05, 3.63) is 47.6 Å². The topological polar surface area (TPSA) is 195 Å². The average molecular weight is 917 g/mol. The van der Waals surface area contributed by atoms with Crippen molar-refractivity contribution < 1.29 is 67.1 Å². The number of Topliss-reactive ketones (excluding diaryl/α,β-unsaturated/α-hetero) is 3. The molecular formula is C51H79NO13. The number of allylic oxidation sites excluding steroid dienone is 6. The van der Waals surface area contributed by atoms with E-state index in [-0.39, 0.29) is 67.7 Å². The van der Waals surface area contributed by atoms with Crippen LogP contribution in [-0.4, -0.2) is 132 Å². The van der Waals surface area contributed by atoms with Gasteiger partial charge in [-0.15, -0.1) is 0 Å². The van der Waals surface area contributed by atoms with E-state index in [1.165, 1.54) is 7.11 Å². The van der Waals surface area contributed by atoms with Crippen LogP contribution >= 0.6 is 0 Å². The van der Waals surface area contributed by atoms with Gasteiger partial charge in [-0.3, -0.25) is 19.2 Å². The van der Waals surface area contributed by atoms with Gasteiger partial charge in [-0.2, -0.15) is 0 Å². The molecule has 3 fully saturated rings. The van der Waals surface area contributed by atoms with Gasteiger partial charge >= 0.3 is 5.97 Å². The maximum absolute atomic E-state index is 14.4. The van der Waals surface area contributed by atoms with Crippen LogP contribution in [0.2, 0.25) is 0 Å². The van der Waals surface area contributed by atoms with E-state index in [4.69, 9.17) is 27.8 Å². The predicted octanol–water partition coefficient (Wildman–Crippen LogP) is 6.18. The molecule has 14 heteroatoms. The standard InChI is InChI=1S/C51H79NO13/c1-30-16-12-11-13-17-31(2)42(61-8)28-38-21-19-36(7)51(60,65-38)48(57)49(58)52-23-15-14-18-39(52)50(59)64-43(33(4)26-37-20-22-40(53)44(27-37)62-9)29-41(54)32(3)25-35(6)46(56)47(63-10)45(55)34(5)24-30/h11-13,16-17,25,30,32-34,36-40,42-44,46-47,53,56,60H,14-15,18-24,26-29H2,1-10H3/b13-11?,16-12-,31-17?,35-25-/t30-,32-,33-,34-,36-,37+,38+,39+,40-,42+,43+,44-,46-,47+,51-/m1/s1/i8D3. The zero-order valence-electron chi connectivity index (χ0n) is 43.1.